The summed E-state index contributed by atoms with van der Waals surface area (Å²) in [6, 6.07) is 90.5. The first-order chi connectivity index (χ1) is 30.2. The monoisotopic (exact) mass is 775 g/mol. The summed E-state index contributed by atoms with van der Waals surface area (Å²) in [6.07, 6.45) is 0. The first-order valence-corrected chi connectivity index (χ1v) is 21.0. The first-order valence-electron chi connectivity index (χ1n) is 21.0. The molecule has 61 heavy (non-hydrogen) atoms. The predicted molar refractivity (Wildman–Crippen MR) is 258 cm³/mol. The molecule has 0 fully saturated rings. The van der Waals surface area contributed by atoms with Crippen molar-refractivity contribution in [2.75, 3.05) is 4.90 Å². The summed E-state index contributed by atoms with van der Waals surface area (Å²) >= 11 is 0. The third-order valence-corrected chi connectivity index (χ3v) is 12.0. The molecule has 0 N–H and O–H groups in total. The predicted octanol–water partition coefficient (Wildman–Crippen LogP) is 16.8. The van der Waals surface area contributed by atoms with E-state index in [1.165, 1.54) is 89.0 Å². The van der Waals surface area contributed by atoms with Gasteiger partial charge in [0.15, 0.2) is 0 Å². The van der Waals surface area contributed by atoms with Crippen molar-refractivity contribution in [2.24, 2.45) is 0 Å². The molecule has 1 aliphatic rings. The van der Waals surface area contributed by atoms with Crippen molar-refractivity contribution < 1.29 is 0 Å². The molecule has 1 nitrogen and oxygen atoms in total. The average Bonchev–Trinajstić information content (AvgIpc) is 3.41. The summed E-state index contributed by atoms with van der Waals surface area (Å²) in [7, 11) is 0. The molecule has 0 saturated carbocycles. The van der Waals surface area contributed by atoms with Crippen LogP contribution in [0.1, 0.15) is 0 Å². The van der Waals surface area contributed by atoms with Crippen LogP contribution in [0.5, 0.6) is 0 Å². The van der Waals surface area contributed by atoms with Crippen LogP contribution in [0.25, 0.3) is 89.0 Å². The average molecular weight is 776 g/mol. The summed E-state index contributed by atoms with van der Waals surface area (Å²) in [5, 5.41) is 0. The lowest BCUT2D eigenvalue weighted by Crippen LogP contribution is -2.09. The van der Waals surface area contributed by atoms with E-state index in [1.54, 1.807) is 0 Å². The van der Waals surface area contributed by atoms with Gasteiger partial charge in [0, 0.05) is 17.1 Å². The van der Waals surface area contributed by atoms with Crippen LogP contribution in [-0.4, -0.2) is 0 Å². The third-order valence-electron chi connectivity index (χ3n) is 12.0. The van der Waals surface area contributed by atoms with Gasteiger partial charge in [-0.05, 0) is 144 Å². The van der Waals surface area contributed by atoms with Crippen LogP contribution in [0.3, 0.4) is 0 Å². The molecule has 1 heteroatoms. The fourth-order valence-electron chi connectivity index (χ4n) is 9.03. The minimum absolute atomic E-state index is 1.09. The quantitative estimate of drug-likeness (QED) is 0.149. The van der Waals surface area contributed by atoms with Crippen LogP contribution < -0.4 is 4.90 Å². The molecule has 0 atom stereocenters. The van der Waals surface area contributed by atoms with E-state index in [4.69, 9.17) is 0 Å². The zero-order valence-corrected chi connectivity index (χ0v) is 33.6. The highest BCUT2D eigenvalue weighted by atomic mass is 15.1. The van der Waals surface area contributed by atoms with E-state index >= 15 is 0 Å². The Bertz CT molecular complexity index is 3030. The molecular weight excluding hydrogens is 735 g/mol. The highest BCUT2D eigenvalue weighted by Gasteiger charge is 2.26. The number of benzene rings is 10. The second kappa shape index (κ2) is 15.6. The second-order valence-corrected chi connectivity index (χ2v) is 15.7. The van der Waals surface area contributed by atoms with Crippen LogP contribution in [0.2, 0.25) is 0 Å². The molecule has 2 bridgehead atoms. The van der Waals surface area contributed by atoms with Crippen molar-refractivity contribution in [3.05, 3.63) is 249 Å². The lowest BCUT2D eigenvalue weighted by Gasteiger charge is -2.26. The highest BCUT2D eigenvalue weighted by Crippen LogP contribution is 2.52. The Labute approximate surface area is 358 Å². The molecule has 1 aliphatic carbocycles. The van der Waals surface area contributed by atoms with E-state index in [1.807, 2.05) is 0 Å². The molecule has 0 aromatic heterocycles. The zero-order chi connectivity index (χ0) is 40.5. The van der Waals surface area contributed by atoms with Gasteiger partial charge < -0.3 is 4.90 Å². The molecule has 0 spiro atoms. The maximum absolute atomic E-state index is 2.41. The van der Waals surface area contributed by atoms with Gasteiger partial charge in [0.25, 0.3) is 0 Å². The lowest BCUT2D eigenvalue weighted by atomic mass is 9.86. The number of hydrogen-bond donors (Lipinski definition) is 0. The van der Waals surface area contributed by atoms with E-state index in [-0.39, 0.29) is 0 Å². The van der Waals surface area contributed by atoms with E-state index in [0.717, 1.165) is 17.1 Å². The van der Waals surface area contributed by atoms with Gasteiger partial charge in [0.2, 0.25) is 0 Å². The smallest absolute Gasteiger partial charge is 0.0462 e. The van der Waals surface area contributed by atoms with Gasteiger partial charge in [0.05, 0.1) is 0 Å². The molecule has 0 unspecified atom stereocenters. The second-order valence-electron chi connectivity index (χ2n) is 15.7. The topological polar surface area (TPSA) is 3.24 Å². The minimum Gasteiger partial charge on any atom is -0.311 e. The van der Waals surface area contributed by atoms with E-state index in [9.17, 15) is 0 Å². The minimum atomic E-state index is 1.09. The van der Waals surface area contributed by atoms with Crippen molar-refractivity contribution >= 4 is 17.1 Å². The molecule has 286 valence electrons. The number of anilines is 3. The Hall–Kier alpha value is -8.00. The summed E-state index contributed by atoms with van der Waals surface area (Å²) < 4.78 is 0. The molecule has 0 heterocycles. The zero-order valence-electron chi connectivity index (χ0n) is 33.6. The molecule has 11 rings (SSSR count). The van der Waals surface area contributed by atoms with Gasteiger partial charge >= 0.3 is 0 Å². The molecule has 0 aliphatic heterocycles. The summed E-state index contributed by atoms with van der Waals surface area (Å²) in [6.45, 7) is 0. The number of rotatable bonds is 8. The van der Waals surface area contributed by atoms with Crippen LogP contribution >= 0.6 is 0 Å². The van der Waals surface area contributed by atoms with Crippen LogP contribution in [0.15, 0.2) is 249 Å². The largest absolute Gasteiger partial charge is 0.311 e. The molecule has 10 aromatic rings. The van der Waals surface area contributed by atoms with Crippen LogP contribution in [0, 0.1) is 0 Å². The van der Waals surface area contributed by atoms with Gasteiger partial charge in [0.1, 0.15) is 0 Å². The SMILES string of the molecule is c1ccc(-c2ccc(N(c3ccc(-c4ccccc4)cc3)c3ccc(-c4c5cc(-c6ccccc6)cc4-c4cc(-c6ccccc6)ccc4-c4ccccc4-5)cc3)cc2)cc1. The Balaban J connectivity index is 1.08. The number of hydrogen-bond acceptors (Lipinski definition) is 1. The summed E-state index contributed by atoms with van der Waals surface area (Å²) in [4.78, 5) is 2.36. The Morgan fingerprint density at radius 1 is 0.180 bits per heavy atom. The van der Waals surface area contributed by atoms with E-state index in [2.05, 4.69) is 254 Å². The first kappa shape index (κ1) is 36.1. The van der Waals surface area contributed by atoms with Gasteiger partial charge in [-0.1, -0.05) is 194 Å². The van der Waals surface area contributed by atoms with Gasteiger partial charge in [-0.2, -0.15) is 0 Å². The summed E-state index contributed by atoms with van der Waals surface area (Å²) in [5.41, 5.74) is 22.8. The fraction of sp³-hybridized carbons (Fsp3) is 0. The van der Waals surface area contributed by atoms with E-state index in [0.29, 0.717) is 0 Å². The van der Waals surface area contributed by atoms with Crippen molar-refractivity contribution in [2.45, 2.75) is 0 Å². The number of nitrogens with zero attached hydrogens (tertiary/aromatic N) is 1. The summed E-state index contributed by atoms with van der Waals surface area (Å²) in [5.74, 6) is 0. The Morgan fingerprint density at radius 3 is 0.934 bits per heavy atom. The Morgan fingerprint density at radius 2 is 0.475 bits per heavy atom. The molecule has 0 radical (unpaired) electrons. The standard InChI is InChI=1S/C60H41N/c1-5-15-42(16-6-1)46-25-32-51(33-26-46)61(52-34-27-47(28-35-52)43-17-7-2-8-18-43)53-36-29-48(30-37-53)60-58-40-50(45-21-11-4-12-22-45)41-59(60)57-39-49(44-19-9-3-10-20-44)31-38-56(57)54-23-13-14-24-55(54)58/h1-41H. The molecule has 0 saturated heterocycles. The van der Waals surface area contributed by atoms with Crippen molar-refractivity contribution in [1.29, 1.82) is 0 Å². The van der Waals surface area contributed by atoms with Gasteiger partial charge in [-0.15, -0.1) is 0 Å². The highest BCUT2D eigenvalue weighted by molar-refractivity contribution is 6.08. The normalized spacial score (nSPS) is 11.3. The van der Waals surface area contributed by atoms with Crippen LogP contribution in [0.4, 0.5) is 17.1 Å². The van der Waals surface area contributed by atoms with Crippen LogP contribution in [-0.2, 0) is 0 Å². The fourth-order valence-corrected chi connectivity index (χ4v) is 9.03. The molecule has 0 amide bonds. The number of fused-ring (bicyclic) bond motifs is 7. The molecular formula is C60H41N. The van der Waals surface area contributed by atoms with E-state index < -0.39 is 0 Å². The van der Waals surface area contributed by atoms with Gasteiger partial charge in [-0.25, -0.2) is 0 Å². The third kappa shape index (κ3) is 6.83. The van der Waals surface area contributed by atoms with Crippen molar-refractivity contribution in [3.63, 3.8) is 0 Å². The molecule has 10 aromatic carbocycles. The Kier molecular flexibility index (Phi) is 9.26. The van der Waals surface area contributed by atoms with Gasteiger partial charge in [-0.3, -0.25) is 0 Å². The maximum atomic E-state index is 2.41. The maximum Gasteiger partial charge on any atom is 0.0462 e. The van der Waals surface area contributed by atoms with Crippen molar-refractivity contribution in [1.82, 2.24) is 0 Å². The van der Waals surface area contributed by atoms with Crippen molar-refractivity contribution in [3.8, 4) is 89.0 Å². The lowest BCUT2D eigenvalue weighted by molar-refractivity contribution is 1.28.